The lowest BCUT2D eigenvalue weighted by Crippen LogP contribution is -2.29. The molecule has 3 N–H and O–H groups in total. The number of aromatic nitrogens is 5. The van der Waals surface area contributed by atoms with Gasteiger partial charge in [-0.3, -0.25) is 15.0 Å². The first-order chi connectivity index (χ1) is 20.5. The third kappa shape index (κ3) is 5.41. The third-order valence-corrected chi connectivity index (χ3v) is 8.10. The first-order valence-corrected chi connectivity index (χ1v) is 14.5. The molecule has 0 radical (unpaired) electrons. The highest BCUT2D eigenvalue weighted by Gasteiger charge is 2.19. The van der Waals surface area contributed by atoms with Crippen molar-refractivity contribution in [1.29, 1.82) is 0 Å². The zero-order valence-corrected chi connectivity index (χ0v) is 24.1. The number of nitrogens with one attached hydrogen (secondary N) is 3. The lowest BCUT2D eigenvalue weighted by molar-refractivity contribution is 0.255. The van der Waals surface area contributed by atoms with E-state index in [0.29, 0.717) is 5.92 Å². The molecule has 1 fully saturated rings. The number of aryl methyl sites for hydroxylation is 2. The van der Waals surface area contributed by atoms with Crippen molar-refractivity contribution in [1.82, 2.24) is 29.8 Å². The van der Waals surface area contributed by atoms with E-state index in [-0.39, 0.29) is 0 Å². The lowest BCUT2D eigenvalue weighted by atomic mass is 9.88. The van der Waals surface area contributed by atoms with Crippen molar-refractivity contribution in [2.45, 2.75) is 32.6 Å². The number of hydrogen-bond acceptors (Lipinski definition) is 7. The number of rotatable bonds is 6. The largest absolute Gasteiger partial charge is 0.355 e. The highest BCUT2D eigenvalue weighted by Crippen LogP contribution is 2.33. The molecule has 5 heterocycles. The second-order valence-electron chi connectivity index (χ2n) is 11.4. The fourth-order valence-electron chi connectivity index (χ4n) is 5.84. The minimum absolute atomic E-state index is 0.594. The zero-order valence-electron chi connectivity index (χ0n) is 24.1. The van der Waals surface area contributed by atoms with Crippen molar-refractivity contribution in [3.8, 4) is 11.5 Å². The summed E-state index contributed by atoms with van der Waals surface area (Å²) in [6.45, 7) is 6.31. The molecule has 8 heteroatoms. The molecular weight excluding hydrogens is 520 g/mol. The molecule has 0 atom stereocenters. The second-order valence-corrected chi connectivity index (χ2v) is 11.4. The molecule has 0 aliphatic carbocycles. The van der Waals surface area contributed by atoms with E-state index in [0.717, 1.165) is 80.7 Å². The van der Waals surface area contributed by atoms with Gasteiger partial charge >= 0.3 is 0 Å². The van der Waals surface area contributed by atoms with E-state index >= 15 is 0 Å². The Kier molecular flexibility index (Phi) is 6.76. The van der Waals surface area contributed by atoms with Gasteiger partial charge in [-0.2, -0.15) is 0 Å². The molecule has 4 aromatic heterocycles. The molecular formula is C34H34N8. The Hall–Kier alpha value is -4.82. The van der Waals surface area contributed by atoms with Crippen LogP contribution in [0.1, 0.15) is 35.7 Å². The topological polar surface area (TPSA) is 94.6 Å². The highest BCUT2D eigenvalue weighted by atomic mass is 15.1. The van der Waals surface area contributed by atoms with Crippen LogP contribution in [0.15, 0.2) is 79.1 Å². The summed E-state index contributed by atoms with van der Waals surface area (Å²) in [7, 11) is 2.21. The Morgan fingerprint density at radius 1 is 0.762 bits per heavy atom. The molecule has 0 unspecified atom stereocenters. The molecule has 42 heavy (non-hydrogen) atoms. The van der Waals surface area contributed by atoms with Gasteiger partial charge in [0.2, 0.25) is 0 Å². The van der Waals surface area contributed by atoms with Crippen molar-refractivity contribution in [2.75, 3.05) is 30.8 Å². The van der Waals surface area contributed by atoms with Gasteiger partial charge in [0.15, 0.2) is 5.82 Å². The fraction of sp³-hybridized carbons (Fsp3) is 0.235. The van der Waals surface area contributed by atoms with E-state index in [9.17, 15) is 0 Å². The zero-order chi connectivity index (χ0) is 28.6. The van der Waals surface area contributed by atoms with Crippen LogP contribution in [0.2, 0.25) is 0 Å². The molecule has 1 aliphatic heterocycles. The summed E-state index contributed by atoms with van der Waals surface area (Å²) in [4.78, 5) is 24.4. The standard InChI is InChI=1S/C34H34N8/c1-21-16-26(10-13-35-21)38-25-5-8-30-33(19-25)41-34(40-30)31-9-6-27(20-36-31)39-32-17-22(2)37-29-7-4-24(18-28(29)32)23-11-14-42(3)15-12-23/h4-10,13,16-20,23H,11-12,14-15H2,1-3H3,(H,35,38)(H,37,39)(H,40,41). The molecule has 1 saturated heterocycles. The summed E-state index contributed by atoms with van der Waals surface area (Å²) in [6.07, 6.45) is 6.06. The first-order valence-electron chi connectivity index (χ1n) is 14.5. The molecule has 210 valence electrons. The normalized spacial score (nSPS) is 14.5. The number of nitrogens with zero attached hydrogens (tertiary/aromatic N) is 5. The van der Waals surface area contributed by atoms with Crippen LogP contribution in [0.4, 0.5) is 22.7 Å². The van der Waals surface area contributed by atoms with Crippen molar-refractivity contribution >= 4 is 44.7 Å². The molecule has 1 aliphatic rings. The Morgan fingerprint density at radius 3 is 2.38 bits per heavy atom. The van der Waals surface area contributed by atoms with E-state index in [1.54, 1.807) is 6.20 Å². The molecule has 6 aromatic rings. The van der Waals surface area contributed by atoms with Crippen LogP contribution in [0.3, 0.4) is 0 Å². The summed E-state index contributed by atoms with van der Waals surface area (Å²) in [6, 6.07) is 23.0. The summed E-state index contributed by atoms with van der Waals surface area (Å²) in [5, 5.41) is 8.19. The minimum Gasteiger partial charge on any atom is -0.355 e. The predicted octanol–water partition coefficient (Wildman–Crippen LogP) is 7.48. The molecule has 2 aromatic carbocycles. The van der Waals surface area contributed by atoms with Crippen LogP contribution in [0, 0.1) is 13.8 Å². The van der Waals surface area contributed by atoms with E-state index in [1.807, 2.05) is 50.4 Å². The van der Waals surface area contributed by atoms with E-state index in [4.69, 9.17) is 15.0 Å². The maximum Gasteiger partial charge on any atom is 0.157 e. The number of imidazole rings is 1. The second kappa shape index (κ2) is 10.9. The fourth-order valence-corrected chi connectivity index (χ4v) is 5.84. The maximum atomic E-state index is 4.80. The van der Waals surface area contributed by atoms with Gasteiger partial charge in [-0.25, -0.2) is 4.98 Å². The van der Waals surface area contributed by atoms with Crippen LogP contribution in [0.5, 0.6) is 0 Å². The van der Waals surface area contributed by atoms with Crippen LogP contribution in [-0.4, -0.2) is 50.0 Å². The van der Waals surface area contributed by atoms with Crippen molar-refractivity contribution in [3.05, 3.63) is 96.1 Å². The molecule has 0 amide bonds. The monoisotopic (exact) mass is 554 g/mol. The highest BCUT2D eigenvalue weighted by molar-refractivity contribution is 5.94. The molecule has 0 bridgehead atoms. The molecule has 0 saturated carbocycles. The summed E-state index contributed by atoms with van der Waals surface area (Å²) >= 11 is 0. The molecule has 8 nitrogen and oxygen atoms in total. The van der Waals surface area contributed by atoms with Gasteiger partial charge in [0.1, 0.15) is 5.69 Å². The van der Waals surface area contributed by atoms with Gasteiger partial charge < -0.3 is 20.5 Å². The lowest BCUT2D eigenvalue weighted by Gasteiger charge is -2.29. The van der Waals surface area contributed by atoms with Gasteiger partial charge in [-0.15, -0.1) is 0 Å². The SMILES string of the molecule is Cc1cc(Nc2ccc3nc(-c4ccc(Nc5cc(C)nc6ccc(C7CCN(C)CC7)cc56)cn4)[nH]c3c2)ccn1. The molecule has 7 rings (SSSR count). The average molecular weight is 555 g/mol. The first kappa shape index (κ1) is 26.1. The Morgan fingerprint density at radius 2 is 1.57 bits per heavy atom. The van der Waals surface area contributed by atoms with Gasteiger partial charge in [0.05, 0.1) is 28.4 Å². The minimum atomic E-state index is 0.594. The number of H-pyrrole nitrogens is 1. The Balaban J connectivity index is 1.12. The number of fused-ring (bicyclic) bond motifs is 2. The van der Waals surface area contributed by atoms with Crippen molar-refractivity contribution in [3.63, 3.8) is 0 Å². The van der Waals surface area contributed by atoms with Crippen molar-refractivity contribution in [2.24, 2.45) is 0 Å². The number of likely N-dealkylation sites (tertiary alicyclic amines) is 1. The number of benzene rings is 2. The number of hydrogen-bond donors (Lipinski definition) is 3. The van der Waals surface area contributed by atoms with Gasteiger partial charge in [0, 0.05) is 40.0 Å². The quantitative estimate of drug-likeness (QED) is 0.196. The smallest absolute Gasteiger partial charge is 0.157 e. The number of piperidine rings is 1. The summed E-state index contributed by atoms with van der Waals surface area (Å²) in [5.74, 6) is 1.33. The van der Waals surface area contributed by atoms with Crippen LogP contribution >= 0.6 is 0 Å². The van der Waals surface area contributed by atoms with Gasteiger partial charge in [0.25, 0.3) is 0 Å². The maximum absolute atomic E-state index is 4.80. The average Bonchev–Trinajstić information content (AvgIpc) is 3.41. The van der Waals surface area contributed by atoms with Crippen LogP contribution in [0.25, 0.3) is 33.5 Å². The number of pyridine rings is 3. The van der Waals surface area contributed by atoms with E-state index in [2.05, 4.69) is 68.9 Å². The predicted molar refractivity (Wildman–Crippen MR) is 171 cm³/mol. The van der Waals surface area contributed by atoms with E-state index < -0.39 is 0 Å². The van der Waals surface area contributed by atoms with Crippen molar-refractivity contribution < 1.29 is 0 Å². The van der Waals surface area contributed by atoms with Gasteiger partial charge in [-0.05, 0) is 119 Å². The molecule has 0 spiro atoms. The number of aromatic amines is 1. The Labute approximate surface area is 245 Å². The third-order valence-electron chi connectivity index (χ3n) is 8.10. The summed E-state index contributed by atoms with van der Waals surface area (Å²) < 4.78 is 0. The van der Waals surface area contributed by atoms with E-state index in [1.165, 1.54) is 18.4 Å². The van der Waals surface area contributed by atoms with Crippen LogP contribution in [-0.2, 0) is 0 Å². The van der Waals surface area contributed by atoms with Gasteiger partial charge in [-0.1, -0.05) is 6.07 Å². The summed E-state index contributed by atoms with van der Waals surface area (Å²) in [5.41, 5.74) is 10.9. The van der Waals surface area contributed by atoms with Crippen LogP contribution < -0.4 is 10.6 Å². The Bertz CT molecular complexity index is 1880. The number of anilines is 4.